The number of rotatable bonds is 7. The van der Waals surface area contributed by atoms with Gasteiger partial charge in [0.1, 0.15) is 0 Å². The van der Waals surface area contributed by atoms with E-state index >= 15 is 0 Å². The standard InChI is InChI=1S/C12H17BrN2O5S/c1-8(2)9(7-21(14,18)19)6-20-12-4-3-10(13)5-11(12)15(16)17/h3-5,8-9H,6-7H2,1-2H3,(H2,14,18,19). The van der Waals surface area contributed by atoms with Crippen molar-refractivity contribution in [1.29, 1.82) is 0 Å². The van der Waals surface area contributed by atoms with Crippen LogP contribution in [0.5, 0.6) is 5.75 Å². The molecule has 0 aliphatic heterocycles. The van der Waals surface area contributed by atoms with Crippen LogP contribution in [0, 0.1) is 22.0 Å². The van der Waals surface area contributed by atoms with E-state index in [9.17, 15) is 18.5 Å². The number of ether oxygens (including phenoxy) is 1. The van der Waals surface area contributed by atoms with Crippen LogP contribution in [0.15, 0.2) is 22.7 Å². The second-order valence-corrected chi connectivity index (χ2v) is 7.59. The first-order valence-corrected chi connectivity index (χ1v) is 8.68. The summed E-state index contributed by atoms with van der Waals surface area (Å²) in [6.07, 6.45) is 0. The van der Waals surface area contributed by atoms with E-state index in [1.54, 1.807) is 6.07 Å². The lowest BCUT2D eigenvalue weighted by molar-refractivity contribution is -0.386. The Hall–Kier alpha value is -1.19. The number of halogens is 1. The van der Waals surface area contributed by atoms with Crippen LogP contribution in [0.25, 0.3) is 0 Å². The van der Waals surface area contributed by atoms with Gasteiger partial charge in [-0.05, 0) is 18.1 Å². The van der Waals surface area contributed by atoms with Gasteiger partial charge in [0, 0.05) is 16.5 Å². The highest BCUT2D eigenvalue weighted by atomic mass is 79.9. The van der Waals surface area contributed by atoms with E-state index in [2.05, 4.69) is 15.9 Å². The number of nitrogens with two attached hydrogens (primary N) is 1. The summed E-state index contributed by atoms with van der Waals surface area (Å²) in [4.78, 5) is 10.4. The molecule has 7 nitrogen and oxygen atoms in total. The van der Waals surface area contributed by atoms with Crippen molar-refractivity contribution in [1.82, 2.24) is 0 Å². The van der Waals surface area contributed by atoms with E-state index in [0.29, 0.717) is 4.47 Å². The van der Waals surface area contributed by atoms with Gasteiger partial charge < -0.3 is 4.74 Å². The van der Waals surface area contributed by atoms with Crippen molar-refractivity contribution in [2.45, 2.75) is 13.8 Å². The van der Waals surface area contributed by atoms with Crippen LogP contribution in [0.1, 0.15) is 13.8 Å². The number of hydrogen-bond donors (Lipinski definition) is 1. The van der Waals surface area contributed by atoms with E-state index in [1.807, 2.05) is 13.8 Å². The summed E-state index contributed by atoms with van der Waals surface area (Å²) in [6, 6.07) is 4.42. The Morgan fingerprint density at radius 3 is 2.52 bits per heavy atom. The van der Waals surface area contributed by atoms with E-state index in [4.69, 9.17) is 9.88 Å². The molecule has 118 valence electrons. The van der Waals surface area contributed by atoms with Gasteiger partial charge in [0.15, 0.2) is 5.75 Å². The van der Waals surface area contributed by atoms with E-state index in [1.165, 1.54) is 12.1 Å². The number of benzene rings is 1. The number of nitrogens with zero attached hydrogens (tertiary/aromatic N) is 1. The normalized spacial score (nSPS) is 13.2. The quantitative estimate of drug-likeness (QED) is 0.575. The molecule has 0 aliphatic carbocycles. The molecule has 1 atom stereocenters. The first-order chi connectivity index (χ1) is 9.60. The minimum atomic E-state index is -3.63. The van der Waals surface area contributed by atoms with Gasteiger partial charge in [-0.1, -0.05) is 29.8 Å². The lowest BCUT2D eigenvalue weighted by Crippen LogP contribution is -2.30. The van der Waals surface area contributed by atoms with Gasteiger partial charge >= 0.3 is 5.69 Å². The number of sulfonamides is 1. The molecule has 0 heterocycles. The smallest absolute Gasteiger partial charge is 0.312 e. The summed E-state index contributed by atoms with van der Waals surface area (Å²) in [5.41, 5.74) is -0.178. The number of hydrogen-bond acceptors (Lipinski definition) is 5. The fourth-order valence-corrected chi connectivity index (χ4v) is 3.11. The highest BCUT2D eigenvalue weighted by molar-refractivity contribution is 9.10. The van der Waals surface area contributed by atoms with Crippen molar-refractivity contribution in [3.63, 3.8) is 0 Å². The van der Waals surface area contributed by atoms with Crippen molar-refractivity contribution < 1.29 is 18.1 Å². The van der Waals surface area contributed by atoms with Gasteiger partial charge in [0.05, 0.1) is 17.3 Å². The molecule has 1 rings (SSSR count). The Kier molecular flexibility index (Phi) is 6.11. The predicted octanol–water partition coefficient (Wildman–Crippen LogP) is 2.30. The fourth-order valence-electron chi connectivity index (χ4n) is 1.68. The van der Waals surface area contributed by atoms with Crippen LogP contribution in [0.4, 0.5) is 5.69 Å². The van der Waals surface area contributed by atoms with E-state index in [-0.39, 0.29) is 35.6 Å². The third-order valence-corrected chi connectivity index (χ3v) is 4.35. The molecule has 0 saturated heterocycles. The molecule has 1 aromatic rings. The summed E-state index contributed by atoms with van der Waals surface area (Å²) in [5, 5.41) is 16.0. The third-order valence-electron chi connectivity index (χ3n) is 2.96. The summed E-state index contributed by atoms with van der Waals surface area (Å²) < 4.78 is 28.4. The predicted molar refractivity (Wildman–Crippen MR) is 82.6 cm³/mol. The maximum atomic E-state index is 11.2. The molecular weight excluding hydrogens is 364 g/mol. The van der Waals surface area contributed by atoms with Crippen molar-refractivity contribution >= 4 is 31.6 Å². The summed E-state index contributed by atoms with van der Waals surface area (Å²) in [6.45, 7) is 3.72. The lowest BCUT2D eigenvalue weighted by Gasteiger charge is -2.20. The van der Waals surface area contributed by atoms with Gasteiger partial charge in [0.2, 0.25) is 10.0 Å². The van der Waals surface area contributed by atoms with Gasteiger partial charge in [-0.3, -0.25) is 10.1 Å². The van der Waals surface area contributed by atoms with Crippen LogP contribution < -0.4 is 9.88 Å². The highest BCUT2D eigenvalue weighted by Gasteiger charge is 2.22. The topological polar surface area (TPSA) is 113 Å². The minimum Gasteiger partial charge on any atom is -0.486 e. The Morgan fingerprint density at radius 2 is 2.05 bits per heavy atom. The molecule has 0 radical (unpaired) electrons. The number of primary sulfonamides is 1. The molecule has 2 N–H and O–H groups in total. The highest BCUT2D eigenvalue weighted by Crippen LogP contribution is 2.30. The summed E-state index contributed by atoms with van der Waals surface area (Å²) in [7, 11) is -3.63. The molecular formula is C12H17BrN2O5S. The first-order valence-electron chi connectivity index (χ1n) is 6.17. The maximum absolute atomic E-state index is 11.2. The van der Waals surface area contributed by atoms with Crippen LogP contribution in [-0.2, 0) is 10.0 Å². The Morgan fingerprint density at radius 1 is 1.43 bits per heavy atom. The molecule has 0 aromatic heterocycles. The Balaban J connectivity index is 2.88. The molecule has 9 heteroatoms. The monoisotopic (exact) mass is 380 g/mol. The molecule has 0 bridgehead atoms. The van der Waals surface area contributed by atoms with Crippen LogP contribution >= 0.6 is 15.9 Å². The second kappa shape index (κ2) is 7.19. The zero-order valence-electron chi connectivity index (χ0n) is 11.7. The largest absolute Gasteiger partial charge is 0.486 e. The van der Waals surface area contributed by atoms with Crippen LogP contribution in [0.3, 0.4) is 0 Å². The lowest BCUT2D eigenvalue weighted by atomic mass is 9.99. The number of nitro groups is 1. The summed E-state index contributed by atoms with van der Waals surface area (Å²) >= 11 is 3.15. The van der Waals surface area contributed by atoms with Gasteiger partial charge in [-0.25, -0.2) is 13.6 Å². The van der Waals surface area contributed by atoms with E-state index in [0.717, 1.165) is 0 Å². The van der Waals surface area contributed by atoms with Crippen LogP contribution in [-0.4, -0.2) is 25.7 Å². The molecule has 1 unspecified atom stereocenters. The van der Waals surface area contributed by atoms with Gasteiger partial charge in [-0.2, -0.15) is 0 Å². The fraction of sp³-hybridized carbons (Fsp3) is 0.500. The first kappa shape index (κ1) is 17.9. The number of nitro benzene ring substituents is 1. The molecule has 0 fully saturated rings. The van der Waals surface area contributed by atoms with Crippen molar-refractivity contribution in [3.8, 4) is 5.75 Å². The molecule has 0 spiro atoms. The summed E-state index contributed by atoms with van der Waals surface area (Å²) in [5.74, 6) is -0.459. The van der Waals surface area contributed by atoms with Crippen molar-refractivity contribution in [3.05, 3.63) is 32.8 Å². The zero-order valence-corrected chi connectivity index (χ0v) is 14.1. The Labute approximate surface area is 131 Å². The van der Waals surface area contributed by atoms with Crippen molar-refractivity contribution in [2.75, 3.05) is 12.4 Å². The molecule has 1 aromatic carbocycles. The minimum absolute atomic E-state index is 0.0119. The molecule has 0 amide bonds. The van der Waals surface area contributed by atoms with Gasteiger partial charge in [-0.15, -0.1) is 0 Å². The maximum Gasteiger partial charge on any atom is 0.312 e. The average Bonchev–Trinajstić information content (AvgIpc) is 2.33. The zero-order chi connectivity index (χ0) is 16.2. The second-order valence-electron chi connectivity index (χ2n) is 5.01. The van der Waals surface area contributed by atoms with E-state index < -0.39 is 14.9 Å². The third kappa shape index (κ3) is 5.98. The average molecular weight is 381 g/mol. The Bertz CT molecular complexity index is 618. The molecule has 21 heavy (non-hydrogen) atoms. The SMILES string of the molecule is CC(C)C(COc1ccc(Br)cc1[N+](=O)[O-])CS(N)(=O)=O. The van der Waals surface area contributed by atoms with Crippen LogP contribution in [0.2, 0.25) is 0 Å². The van der Waals surface area contributed by atoms with Crippen molar-refractivity contribution in [2.24, 2.45) is 17.0 Å². The molecule has 0 saturated carbocycles. The van der Waals surface area contributed by atoms with Gasteiger partial charge in [0.25, 0.3) is 0 Å². The molecule has 0 aliphatic rings.